The van der Waals surface area contributed by atoms with E-state index in [0.717, 1.165) is 12.3 Å². The number of furan rings is 1. The van der Waals surface area contributed by atoms with Crippen molar-refractivity contribution in [3.05, 3.63) is 47.0 Å². The minimum absolute atomic E-state index is 0.107. The van der Waals surface area contributed by atoms with E-state index in [-0.39, 0.29) is 17.9 Å². The van der Waals surface area contributed by atoms with Gasteiger partial charge in [-0.25, -0.2) is 4.98 Å². The van der Waals surface area contributed by atoms with Crippen LogP contribution in [0.1, 0.15) is 27.4 Å². The van der Waals surface area contributed by atoms with E-state index in [2.05, 4.69) is 4.98 Å². The van der Waals surface area contributed by atoms with Gasteiger partial charge in [0.2, 0.25) is 5.88 Å². The molecule has 0 saturated carbocycles. The van der Waals surface area contributed by atoms with E-state index in [9.17, 15) is 18.0 Å². The van der Waals surface area contributed by atoms with E-state index in [1.54, 1.807) is 24.8 Å². The topological polar surface area (TPSA) is 55.6 Å². The first kappa shape index (κ1) is 16.4. The van der Waals surface area contributed by atoms with Crippen molar-refractivity contribution in [2.24, 2.45) is 0 Å². The van der Waals surface area contributed by atoms with Crippen molar-refractivity contribution in [1.29, 1.82) is 0 Å². The van der Waals surface area contributed by atoms with Crippen LogP contribution in [0.3, 0.4) is 0 Å². The molecule has 5 nitrogen and oxygen atoms in total. The fraction of sp³-hybridized carbons (Fsp3) is 0.375. The second-order valence-electron chi connectivity index (χ2n) is 5.66. The summed E-state index contributed by atoms with van der Waals surface area (Å²) in [5.74, 6) is 1.18. The zero-order chi connectivity index (χ0) is 17.5. The first-order valence-electron chi connectivity index (χ1n) is 7.30. The summed E-state index contributed by atoms with van der Waals surface area (Å²) in [5, 5.41) is 0. The van der Waals surface area contributed by atoms with Gasteiger partial charge in [0.15, 0.2) is 0 Å². The molecule has 128 valence electrons. The number of carbonyl (C=O) groups excluding carboxylic acids is 1. The second-order valence-corrected chi connectivity index (χ2v) is 5.66. The van der Waals surface area contributed by atoms with Crippen LogP contribution in [0, 0.1) is 13.8 Å². The summed E-state index contributed by atoms with van der Waals surface area (Å²) >= 11 is 0. The zero-order valence-corrected chi connectivity index (χ0v) is 13.1. The standard InChI is InChI=1S/C16H15F3N2O3/c1-9-5-13(10(2)23-9)15(22)21-7-12(8-21)24-14-4-3-11(6-20-14)16(17,18)19/h3-6,12H,7-8H2,1-2H3. The third kappa shape index (κ3) is 3.22. The van der Waals surface area contributed by atoms with Gasteiger partial charge >= 0.3 is 6.18 Å². The predicted molar refractivity (Wildman–Crippen MR) is 77.7 cm³/mol. The number of hydrogen-bond acceptors (Lipinski definition) is 4. The Morgan fingerprint density at radius 3 is 2.54 bits per heavy atom. The molecule has 0 radical (unpaired) electrons. The van der Waals surface area contributed by atoms with Crippen molar-refractivity contribution >= 4 is 5.91 Å². The van der Waals surface area contributed by atoms with Crippen LogP contribution in [0.2, 0.25) is 0 Å². The fourth-order valence-corrected chi connectivity index (χ4v) is 2.48. The molecule has 0 unspecified atom stereocenters. The minimum Gasteiger partial charge on any atom is -0.471 e. The summed E-state index contributed by atoms with van der Waals surface area (Å²) in [6, 6.07) is 3.78. The molecular formula is C16H15F3N2O3. The Hall–Kier alpha value is -2.51. The second kappa shape index (κ2) is 5.85. The number of carbonyl (C=O) groups is 1. The molecule has 0 atom stereocenters. The Morgan fingerprint density at radius 2 is 2.04 bits per heavy atom. The highest BCUT2D eigenvalue weighted by molar-refractivity contribution is 5.95. The van der Waals surface area contributed by atoms with Crippen LogP contribution < -0.4 is 4.74 Å². The summed E-state index contributed by atoms with van der Waals surface area (Å²) in [6.45, 7) is 4.19. The van der Waals surface area contributed by atoms with Crippen LogP contribution >= 0.6 is 0 Å². The molecule has 0 aromatic carbocycles. The Morgan fingerprint density at radius 1 is 1.33 bits per heavy atom. The van der Waals surface area contributed by atoms with Crippen molar-refractivity contribution in [3.63, 3.8) is 0 Å². The van der Waals surface area contributed by atoms with Gasteiger partial charge < -0.3 is 14.1 Å². The molecule has 0 N–H and O–H groups in total. The molecule has 3 heterocycles. The largest absolute Gasteiger partial charge is 0.471 e. The summed E-state index contributed by atoms with van der Waals surface area (Å²) in [5.41, 5.74) is -0.315. The molecule has 1 fully saturated rings. The van der Waals surface area contributed by atoms with Gasteiger partial charge in [0, 0.05) is 12.3 Å². The number of aromatic nitrogens is 1. The van der Waals surface area contributed by atoms with Gasteiger partial charge in [0.1, 0.15) is 17.6 Å². The van der Waals surface area contributed by atoms with Crippen molar-refractivity contribution in [3.8, 4) is 5.88 Å². The third-order valence-electron chi connectivity index (χ3n) is 3.76. The van der Waals surface area contributed by atoms with E-state index in [0.29, 0.717) is 30.2 Å². The first-order chi connectivity index (χ1) is 11.2. The molecule has 2 aromatic heterocycles. The molecule has 3 rings (SSSR count). The number of halogens is 3. The maximum Gasteiger partial charge on any atom is 0.417 e. The molecule has 0 aliphatic carbocycles. The monoisotopic (exact) mass is 340 g/mol. The lowest BCUT2D eigenvalue weighted by Gasteiger charge is -2.38. The molecular weight excluding hydrogens is 325 g/mol. The Labute approximate surface area is 136 Å². The average Bonchev–Trinajstić information content (AvgIpc) is 2.80. The van der Waals surface area contributed by atoms with Crippen LogP contribution in [-0.2, 0) is 6.18 Å². The number of ether oxygens (including phenoxy) is 1. The maximum atomic E-state index is 12.5. The highest BCUT2D eigenvalue weighted by Crippen LogP contribution is 2.29. The number of aryl methyl sites for hydroxylation is 2. The number of alkyl halides is 3. The van der Waals surface area contributed by atoms with Crippen molar-refractivity contribution in [2.45, 2.75) is 26.1 Å². The van der Waals surface area contributed by atoms with E-state index < -0.39 is 11.7 Å². The van der Waals surface area contributed by atoms with Crippen LogP contribution in [0.5, 0.6) is 5.88 Å². The number of hydrogen-bond donors (Lipinski definition) is 0. The van der Waals surface area contributed by atoms with Gasteiger partial charge in [-0.2, -0.15) is 13.2 Å². The fourth-order valence-electron chi connectivity index (χ4n) is 2.48. The SMILES string of the molecule is Cc1cc(C(=O)N2CC(Oc3ccc(C(F)(F)F)cn3)C2)c(C)o1. The zero-order valence-electron chi connectivity index (χ0n) is 13.1. The van der Waals surface area contributed by atoms with Gasteiger partial charge in [-0.3, -0.25) is 4.79 Å². The normalized spacial score (nSPS) is 15.3. The summed E-state index contributed by atoms with van der Waals surface area (Å²) in [4.78, 5) is 17.5. The molecule has 1 saturated heterocycles. The predicted octanol–water partition coefficient (Wildman–Crippen LogP) is 3.21. The van der Waals surface area contributed by atoms with E-state index in [1.807, 2.05) is 0 Å². The van der Waals surface area contributed by atoms with Crippen molar-refractivity contribution in [1.82, 2.24) is 9.88 Å². The quantitative estimate of drug-likeness (QED) is 0.861. The Balaban J connectivity index is 1.55. The molecule has 8 heteroatoms. The number of pyridine rings is 1. The molecule has 1 aliphatic heterocycles. The van der Waals surface area contributed by atoms with E-state index in [4.69, 9.17) is 9.15 Å². The Kier molecular flexibility index (Phi) is 3.98. The van der Waals surface area contributed by atoms with Gasteiger partial charge in [0.05, 0.1) is 24.2 Å². The summed E-state index contributed by atoms with van der Waals surface area (Å²) in [6.07, 6.45) is -3.98. The van der Waals surface area contributed by atoms with Gasteiger partial charge in [-0.05, 0) is 26.0 Å². The lowest BCUT2D eigenvalue weighted by atomic mass is 10.1. The summed E-state index contributed by atoms with van der Waals surface area (Å²) in [7, 11) is 0. The minimum atomic E-state index is -4.42. The molecule has 2 aromatic rings. The maximum absolute atomic E-state index is 12.5. The van der Waals surface area contributed by atoms with Crippen LogP contribution in [-0.4, -0.2) is 35.0 Å². The molecule has 24 heavy (non-hydrogen) atoms. The number of amides is 1. The van der Waals surface area contributed by atoms with Gasteiger partial charge in [0.25, 0.3) is 5.91 Å². The molecule has 1 aliphatic rings. The molecule has 0 spiro atoms. The van der Waals surface area contributed by atoms with Crippen LogP contribution in [0.25, 0.3) is 0 Å². The van der Waals surface area contributed by atoms with Gasteiger partial charge in [-0.1, -0.05) is 0 Å². The van der Waals surface area contributed by atoms with Crippen molar-refractivity contribution in [2.75, 3.05) is 13.1 Å². The highest BCUT2D eigenvalue weighted by Gasteiger charge is 2.35. The number of likely N-dealkylation sites (tertiary alicyclic amines) is 1. The van der Waals surface area contributed by atoms with E-state index in [1.165, 1.54) is 6.07 Å². The van der Waals surface area contributed by atoms with Crippen LogP contribution in [0.4, 0.5) is 13.2 Å². The lowest BCUT2D eigenvalue weighted by Crippen LogP contribution is -2.56. The number of rotatable bonds is 3. The van der Waals surface area contributed by atoms with Gasteiger partial charge in [-0.15, -0.1) is 0 Å². The molecule has 0 bridgehead atoms. The highest BCUT2D eigenvalue weighted by atomic mass is 19.4. The molecule has 1 amide bonds. The van der Waals surface area contributed by atoms with E-state index >= 15 is 0 Å². The van der Waals surface area contributed by atoms with Crippen molar-refractivity contribution < 1.29 is 27.1 Å². The number of nitrogens with zero attached hydrogens (tertiary/aromatic N) is 2. The first-order valence-corrected chi connectivity index (χ1v) is 7.30. The third-order valence-corrected chi connectivity index (χ3v) is 3.76. The Bertz CT molecular complexity index is 747. The smallest absolute Gasteiger partial charge is 0.417 e. The van der Waals surface area contributed by atoms with Crippen LogP contribution in [0.15, 0.2) is 28.8 Å². The average molecular weight is 340 g/mol. The summed E-state index contributed by atoms with van der Waals surface area (Å²) < 4.78 is 48.2. The lowest BCUT2D eigenvalue weighted by molar-refractivity contribution is -0.137.